The summed E-state index contributed by atoms with van der Waals surface area (Å²) in [4.78, 5) is 26.5. The van der Waals surface area contributed by atoms with Gasteiger partial charge in [0.05, 0.1) is 5.71 Å². The molecule has 1 N–H and O–H groups in total. The van der Waals surface area contributed by atoms with Crippen LogP contribution in [0.15, 0.2) is 23.3 Å². The van der Waals surface area contributed by atoms with Gasteiger partial charge in [-0.2, -0.15) is 13.2 Å². The molecule has 0 aromatic heterocycles. The van der Waals surface area contributed by atoms with Gasteiger partial charge in [0.1, 0.15) is 17.7 Å². The number of nitrogens with zero attached hydrogens (tertiary/aromatic N) is 2. The number of hydrogen-bond donors (Lipinski definition) is 1. The van der Waals surface area contributed by atoms with Crippen molar-refractivity contribution < 1.29 is 36.7 Å². The van der Waals surface area contributed by atoms with E-state index in [0.717, 1.165) is 32.0 Å². The third-order valence-electron chi connectivity index (χ3n) is 4.24. The van der Waals surface area contributed by atoms with Gasteiger partial charge in [0.15, 0.2) is 0 Å². The lowest BCUT2D eigenvalue weighted by molar-refractivity contribution is -0.237. The van der Waals surface area contributed by atoms with Crippen molar-refractivity contribution in [3.63, 3.8) is 0 Å². The van der Waals surface area contributed by atoms with E-state index in [1.165, 1.54) is 12.1 Å². The molecule has 152 valence electrons. The van der Waals surface area contributed by atoms with Crippen molar-refractivity contribution in [3.05, 3.63) is 29.6 Å². The van der Waals surface area contributed by atoms with Crippen LogP contribution < -0.4 is 10.1 Å². The number of halogens is 4. The summed E-state index contributed by atoms with van der Waals surface area (Å²) in [5.74, 6) is -3.91. The van der Waals surface area contributed by atoms with Crippen LogP contribution in [0, 0.1) is 5.82 Å². The minimum absolute atomic E-state index is 0.00960. The second-order valence-corrected chi connectivity index (χ2v) is 6.30. The van der Waals surface area contributed by atoms with Crippen molar-refractivity contribution in [1.29, 1.82) is 0 Å². The quantitative estimate of drug-likeness (QED) is 0.781. The molecule has 2 aliphatic heterocycles. The van der Waals surface area contributed by atoms with Crippen LogP contribution >= 0.6 is 0 Å². The number of carbonyl (C=O) groups excluding carboxylic acids is 2. The van der Waals surface area contributed by atoms with Crippen molar-refractivity contribution in [2.45, 2.75) is 38.0 Å². The Morgan fingerprint density at radius 2 is 1.93 bits per heavy atom. The van der Waals surface area contributed by atoms with Crippen LogP contribution in [0.5, 0.6) is 5.75 Å². The van der Waals surface area contributed by atoms with Crippen LogP contribution in [0.2, 0.25) is 0 Å². The molecule has 0 unspecified atom stereocenters. The Kier molecular flexibility index (Phi) is 5.82. The molecule has 1 amide bonds. The molecule has 1 fully saturated rings. The normalized spacial score (nSPS) is 18.6. The van der Waals surface area contributed by atoms with Gasteiger partial charge >= 0.3 is 12.1 Å². The lowest BCUT2D eigenvalue weighted by Gasteiger charge is -2.24. The fourth-order valence-electron chi connectivity index (χ4n) is 2.84. The summed E-state index contributed by atoms with van der Waals surface area (Å²) in [6.07, 6.45) is -4.03. The zero-order chi connectivity index (χ0) is 20.3. The Morgan fingerprint density at radius 3 is 2.57 bits per heavy atom. The zero-order valence-electron chi connectivity index (χ0n) is 14.6. The van der Waals surface area contributed by atoms with Gasteiger partial charge in [-0.25, -0.2) is 9.18 Å². The van der Waals surface area contributed by atoms with E-state index in [-0.39, 0.29) is 35.4 Å². The number of nitrogens with one attached hydrogen (secondary N) is 1. The van der Waals surface area contributed by atoms with Crippen LogP contribution in [0.3, 0.4) is 0 Å². The number of alkyl halides is 3. The van der Waals surface area contributed by atoms with Gasteiger partial charge < -0.3 is 14.9 Å². The highest BCUT2D eigenvalue weighted by Gasteiger charge is 2.44. The average Bonchev–Trinajstić information content (AvgIpc) is 2.64. The molecule has 2 aliphatic rings. The van der Waals surface area contributed by atoms with Crippen molar-refractivity contribution in [2.75, 3.05) is 13.1 Å². The smallest absolute Gasteiger partial charge is 0.490 e. The summed E-state index contributed by atoms with van der Waals surface area (Å²) in [7, 11) is 0. The number of hydrogen-bond acceptors (Lipinski definition) is 6. The van der Waals surface area contributed by atoms with Crippen molar-refractivity contribution >= 4 is 17.6 Å². The lowest BCUT2D eigenvalue weighted by Crippen LogP contribution is -2.38. The third-order valence-corrected chi connectivity index (χ3v) is 4.24. The predicted octanol–water partition coefficient (Wildman–Crippen LogP) is 2.30. The molecule has 0 bridgehead atoms. The van der Waals surface area contributed by atoms with Crippen LogP contribution in [0.25, 0.3) is 0 Å². The van der Waals surface area contributed by atoms with E-state index < -0.39 is 23.9 Å². The maximum absolute atomic E-state index is 14.5. The molecular formula is C17H17F4N3O4. The van der Waals surface area contributed by atoms with Crippen LogP contribution in [-0.4, -0.2) is 48.1 Å². The van der Waals surface area contributed by atoms with Crippen molar-refractivity contribution in [2.24, 2.45) is 5.10 Å². The maximum Gasteiger partial charge on any atom is 0.493 e. The molecule has 1 aromatic carbocycles. The highest BCUT2D eigenvalue weighted by atomic mass is 19.4. The summed E-state index contributed by atoms with van der Waals surface area (Å²) >= 11 is 0. The number of carbonyl (C=O) groups is 2. The molecule has 0 aliphatic carbocycles. The Hall–Kier alpha value is -2.69. The largest absolute Gasteiger partial charge is 0.493 e. The Balaban J connectivity index is 1.75. The van der Waals surface area contributed by atoms with Gasteiger partial charge in [-0.15, -0.1) is 5.10 Å². The van der Waals surface area contributed by atoms with E-state index in [1.54, 1.807) is 0 Å². The minimum atomic E-state index is -5.29. The van der Waals surface area contributed by atoms with E-state index in [1.807, 2.05) is 0 Å². The fourth-order valence-corrected chi connectivity index (χ4v) is 2.84. The van der Waals surface area contributed by atoms with Crippen LogP contribution in [0.1, 0.15) is 31.2 Å². The zero-order valence-corrected chi connectivity index (χ0v) is 14.6. The highest BCUT2D eigenvalue weighted by Crippen LogP contribution is 2.25. The molecule has 7 nitrogen and oxygen atoms in total. The van der Waals surface area contributed by atoms with Crippen LogP contribution in [-0.2, 0) is 14.4 Å². The number of ether oxygens (including phenoxy) is 1. The molecule has 0 spiro atoms. The second kappa shape index (κ2) is 8.13. The topological polar surface area (TPSA) is 80.2 Å². The number of rotatable bonds is 4. The molecule has 0 radical (unpaired) electrons. The SMILES string of the molecule is O=C1CCC(c2ccc(OC3CCNCC3)cc2F)=NN1OC(=O)C(F)(F)F. The van der Waals surface area contributed by atoms with E-state index >= 15 is 0 Å². The Labute approximate surface area is 157 Å². The average molecular weight is 403 g/mol. The summed E-state index contributed by atoms with van der Waals surface area (Å²) in [5, 5.41) is 6.70. The van der Waals surface area contributed by atoms with Crippen molar-refractivity contribution in [1.82, 2.24) is 10.5 Å². The molecule has 1 aromatic rings. The maximum atomic E-state index is 14.5. The number of piperidine rings is 1. The first kappa shape index (κ1) is 20.1. The van der Waals surface area contributed by atoms with Gasteiger partial charge in [-0.3, -0.25) is 4.79 Å². The first-order chi connectivity index (χ1) is 13.2. The van der Waals surface area contributed by atoms with Gasteiger partial charge in [0, 0.05) is 24.5 Å². The van der Waals surface area contributed by atoms with E-state index in [0.29, 0.717) is 5.75 Å². The molecule has 3 rings (SSSR count). The number of hydroxylamine groups is 1. The number of hydrazone groups is 1. The van der Waals surface area contributed by atoms with Crippen molar-refractivity contribution in [3.8, 4) is 5.75 Å². The molecule has 11 heteroatoms. The highest BCUT2D eigenvalue weighted by molar-refractivity contribution is 6.04. The number of amides is 1. The summed E-state index contributed by atoms with van der Waals surface area (Å²) in [6, 6.07) is 4.04. The van der Waals surface area contributed by atoms with E-state index in [4.69, 9.17) is 4.74 Å². The van der Waals surface area contributed by atoms with E-state index in [9.17, 15) is 27.2 Å². The molecule has 0 atom stereocenters. The summed E-state index contributed by atoms with van der Waals surface area (Å²) in [5.41, 5.74) is -0.0290. The van der Waals surface area contributed by atoms with Gasteiger partial charge in [0.25, 0.3) is 5.91 Å². The molecule has 1 saturated heterocycles. The summed E-state index contributed by atoms with van der Waals surface area (Å²) in [6.45, 7) is 1.62. The fraction of sp³-hybridized carbons (Fsp3) is 0.471. The molecule has 0 saturated carbocycles. The van der Waals surface area contributed by atoms with Gasteiger partial charge in [-0.05, 0) is 38.1 Å². The van der Waals surface area contributed by atoms with E-state index in [2.05, 4.69) is 15.3 Å². The Bertz CT molecular complexity index is 791. The summed E-state index contributed by atoms with van der Waals surface area (Å²) < 4.78 is 57.2. The van der Waals surface area contributed by atoms with Gasteiger partial charge in [-0.1, -0.05) is 5.17 Å². The van der Waals surface area contributed by atoms with Crippen LogP contribution in [0.4, 0.5) is 17.6 Å². The second-order valence-electron chi connectivity index (χ2n) is 6.30. The standard InChI is InChI=1S/C17H17F4N3O4/c18-13-9-11(27-10-5-7-22-8-6-10)1-2-12(13)14-3-4-15(25)24(23-14)28-16(26)17(19,20)21/h1-2,9-10,22H,3-8H2. The molecule has 2 heterocycles. The third kappa shape index (κ3) is 4.77. The monoisotopic (exact) mass is 403 g/mol. The molecular weight excluding hydrogens is 386 g/mol. The lowest BCUT2D eigenvalue weighted by atomic mass is 10.0. The first-order valence-electron chi connectivity index (χ1n) is 8.61. The Morgan fingerprint density at radius 1 is 1.21 bits per heavy atom. The molecule has 28 heavy (non-hydrogen) atoms. The van der Waals surface area contributed by atoms with Gasteiger partial charge in [0.2, 0.25) is 0 Å². The minimum Gasteiger partial charge on any atom is -0.490 e. The first-order valence-corrected chi connectivity index (χ1v) is 8.61. The predicted molar refractivity (Wildman–Crippen MR) is 87.7 cm³/mol. The number of benzene rings is 1.